The van der Waals surface area contributed by atoms with E-state index in [4.69, 9.17) is 4.74 Å². The topological polar surface area (TPSA) is 65.4 Å². The van der Waals surface area contributed by atoms with Gasteiger partial charge in [-0.05, 0) is 66.5 Å². The minimum absolute atomic E-state index is 0.00213. The van der Waals surface area contributed by atoms with Crippen LogP contribution in [0.5, 0.6) is 5.75 Å². The molecule has 0 unspecified atom stereocenters. The van der Waals surface area contributed by atoms with Gasteiger partial charge in [0, 0.05) is 34.9 Å². The number of carbonyl (C=O) groups excluding carboxylic acids is 1. The molecule has 0 aromatic heterocycles. The van der Waals surface area contributed by atoms with E-state index in [1.807, 2.05) is 43.3 Å². The lowest BCUT2D eigenvalue weighted by molar-refractivity contribution is -0.112. The molecule has 2 rings (SSSR count). The average Bonchev–Trinajstić information content (AvgIpc) is 2.68. The highest BCUT2D eigenvalue weighted by molar-refractivity contribution is 9.10. The predicted molar refractivity (Wildman–Crippen MR) is 118 cm³/mol. The Hall–Kier alpha value is -2.78. The molecule has 0 heterocycles. The van der Waals surface area contributed by atoms with Crippen LogP contribution in [0.1, 0.15) is 25.0 Å². The molecule has 0 radical (unpaired) electrons. The maximum Gasteiger partial charge on any atom is 0.266 e. The van der Waals surface area contributed by atoms with Crippen molar-refractivity contribution in [3.05, 3.63) is 57.6 Å². The van der Waals surface area contributed by atoms with Crippen LogP contribution in [-0.2, 0) is 4.79 Å². The monoisotopic (exact) mass is 441 g/mol. The van der Waals surface area contributed by atoms with Crippen LogP contribution < -0.4 is 15.0 Å². The number of carbonyl (C=O) groups is 1. The van der Waals surface area contributed by atoms with E-state index >= 15 is 0 Å². The molecule has 146 valence electrons. The average molecular weight is 442 g/mol. The molecule has 0 aliphatic heterocycles. The summed E-state index contributed by atoms with van der Waals surface area (Å²) in [5.74, 6) is 0.139. The second-order valence-corrected chi connectivity index (χ2v) is 7.07. The first-order valence-electron chi connectivity index (χ1n) is 9.05. The number of benzene rings is 2. The Bertz CT molecular complexity index is 928. The lowest BCUT2D eigenvalue weighted by Gasteiger charge is -2.23. The molecule has 0 atom stereocenters. The normalized spacial score (nSPS) is 10.9. The lowest BCUT2D eigenvalue weighted by Crippen LogP contribution is -2.22. The van der Waals surface area contributed by atoms with E-state index in [0.29, 0.717) is 17.0 Å². The number of nitrogens with one attached hydrogen (secondary N) is 1. The summed E-state index contributed by atoms with van der Waals surface area (Å²) in [5, 5.41) is 12.3. The van der Waals surface area contributed by atoms with Gasteiger partial charge < -0.3 is 15.0 Å². The number of ether oxygens (including phenoxy) is 1. The fourth-order valence-electron chi connectivity index (χ4n) is 2.88. The van der Waals surface area contributed by atoms with Gasteiger partial charge in [0.25, 0.3) is 5.91 Å². The smallest absolute Gasteiger partial charge is 0.266 e. The first kappa shape index (κ1) is 21.5. The van der Waals surface area contributed by atoms with Gasteiger partial charge >= 0.3 is 0 Å². The summed E-state index contributed by atoms with van der Waals surface area (Å²) >= 11 is 3.59. The molecule has 0 aliphatic rings. The van der Waals surface area contributed by atoms with Gasteiger partial charge in [0.1, 0.15) is 17.4 Å². The van der Waals surface area contributed by atoms with Crippen LogP contribution in [-0.4, -0.2) is 26.1 Å². The second-order valence-electron chi connectivity index (χ2n) is 6.21. The Morgan fingerprint density at radius 1 is 1.29 bits per heavy atom. The summed E-state index contributed by atoms with van der Waals surface area (Å²) in [4.78, 5) is 14.7. The largest absolute Gasteiger partial charge is 0.496 e. The quantitative estimate of drug-likeness (QED) is 0.475. The van der Waals surface area contributed by atoms with Crippen LogP contribution in [0, 0.1) is 18.3 Å². The third-order valence-corrected chi connectivity index (χ3v) is 4.98. The van der Waals surface area contributed by atoms with Crippen molar-refractivity contribution in [1.29, 1.82) is 5.26 Å². The van der Waals surface area contributed by atoms with E-state index in [0.717, 1.165) is 28.8 Å². The maximum absolute atomic E-state index is 12.5. The van der Waals surface area contributed by atoms with Crippen molar-refractivity contribution < 1.29 is 9.53 Å². The van der Waals surface area contributed by atoms with Crippen molar-refractivity contribution in [3.8, 4) is 11.8 Å². The molecular formula is C22H24BrN3O2. The molecule has 6 heteroatoms. The van der Waals surface area contributed by atoms with Crippen molar-refractivity contribution in [2.24, 2.45) is 0 Å². The molecule has 0 fully saturated rings. The summed E-state index contributed by atoms with van der Waals surface area (Å²) in [6.07, 6.45) is 1.54. The van der Waals surface area contributed by atoms with Crippen molar-refractivity contribution in [2.75, 3.05) is 30.4 Å². The SMILES string of the molecule is CCN(CC)c1cc(OC)c(/C=C(\C#N)C(=O)Nc2cccc(C)c2)cc1Br. The van der Waals surface area contributed by atoms with Gasteiger partial charge in [-0.3, -0.25) is 4.79 Å². The molecule has 0 saturated heterocycles. The Morgan fingerprint density at radius 3 is 2.57 bits per heavy atom. The molecule has 1 N–H and O–H groups in total. The van der Waals surface area contributed by atoms with Crippen LogP contribution in [0.3, 0.4) is 0 Å². The standard InChI is InChI=1S/C22H24BrN3O2/c1-5-26(6-2)20-13-21(28-4)16(12-19(20)23)11-17(14-24)22(27)25-18-9-7-8-15(3)10-18/h7-13H,5-6H2,1-4H3,(H,25,27)/b17-11+. The predicted octanol–water partition coefficient (Wildman–Crippen LogP) is 5.16. The Balaban J connectivity index is 2.38. The zero-order valence-corrected chi connectivity index (χ0v) is 18.1. The molecule has 1 amide bonds. The van der Waals surface area contributed by atoms with Gasteiger partial charge in [0.2, 0.25) is 0 Å². The van der Waals surface area contributed by atoms with E-state index < -0.39 is 5.91 Å². The van der Waals surface area contributed by atoms with Crippen LogP contribution in [0.4, 0.5) is 11.4 Å². The number of nitrogens with zero attached hydrogens (tertiary/aromatic N) is 2. The van der Waals surface area contributed by atoms with Gasteiger partial charge in [-0.15, -0.1) is 0 Å². The van der Waals surface area contributed by atoms with E-state index in [1.54, 1.807) is 19.3 Å². The van der Waals surface area contributed by atoms with Gasteiger partial charge in [-0.2, -0.15) is 5.26 Å². The summed E-state index contributed by atoms with van der Waals surface area (Å²) in [5.41, 5.74) is 3.33. The van der Waals surface area contributed by atoms with Crippen molar-refractivity contribution in [2.45, 2.75) is 20.8 Å². The third kappa shape index (κ3) is 5.14. The van der Waals surface area contributed by atoms with Gasteiger partial charge in [0.05, 0.1) is 12.8 Å². The lowest BCUT2D eigenvalue weighted by atomic mass is 10.1. The zero-order valence-electron chi connectivity index (χ0n) is 16.5. The van der Waals surface area contributed by atoms with Crippen molar-refractivity contribution in [1.82, 2.24) is 0 Å². The molecule has 0 saturated carbocycles. The van der Waals surface area contributed by atoms with Crippen LogP contribution in [0.2, 0.25) is 0 Å². The first-order chi connectivity index (χ1) is 13.4. The van der Waals surface area contributed by atoms with E-state index in [-0.39, 0.29) is 5.57 Å². The zero-order chi connectivity index (χ0) is 20.7. The minimum Gasteiger partial charge on any atom is -0.496 e. The molecule has 2 aromatic carbocycles. The van der Waals surface area contributed by atoms with Gasteiger partial charge in [0.15, 0.2) is 0 Å². The van der Waals surface area contributed by atoms with Crippen LogP contribution >= 0.6 is 15.9 Å². The highest BCUT2D eigenvalue weighted by Crippen LogP contribution is 2.35. The van der Waals surface area contributed by atoms with E-state index in [9.17, 15) is 10.1 Å². The fourth-order valence-corrected chi connectivity index (χ4v) is 3.49. The molecule has 28 heavy (non-hydrogen) atoms. The highest BCUT2D eigenvalue weighted by Gasteiger charge is 2.15. The molecule has 5 nitrogen and oxygen atoms in total. The Kier molecular flexibility index (Phi) is 7.65. The Labute approximate surface area is 174 Å². The number of hydrogen-bond donors (Lipinski definition) is 1. The highest BCUT2D eigenvalue weighted by atomic mass is 79.9. The van der Waals surface area contributed by atoms with Crippen LogP contribution in [0.15, 0.2) is 46.4 Å². The molecule has 0 bridgehead atoms. The fraction of sp³-hybridized carbons (Fsp3) is 0.273. The molecular weight excluding hydrogens is 418 g/mol. The van der Waals surface area contributed by atoms with Crippen molar-refractivity contribution >= 4 is 39.3 Å². The van der Waals surface area contributed by atoms with Gasteiger partial charge in [-0.25, -0.2) is 0 Å². The molecule has 2 aromatic rings. The van der Waals surface area contributed by atoms with Crippen LogP contribution in [0.25, 0.3) is 6.08 Å². The third-order valence-electron chi connectivity index (χ3n) is 4.34. The summed E-state index contributed by atoms with van der Waals surface area (Å²) in [6, 6.07) is 13.2. The van der Waals surface area contributed by atoms with Crippen molar-refractivity contribution in [3.63, 3.8) is 0 Å². The number of nitriles is 1. The van der Waals surface area contributed by atoms with E-state index in [2.05, 4.69) is 40.0 Å². The second kappa shape index (κ2) is 9.95. The Morgan fingerprint density at radius 2 is 2.00 bits per heavy atom. The minimum atomic E-state index is -0.459. The summed E-state index contributed by atoms with van der Waals surface area (Å²) in [6.45, 7) is 7.82. The summed E-state index contributed by atoms with van der Waals surface area (Å²) in [7, 11) is 1.57. The first-order valence-corrected chi connectivity index (χ1v) is 9.85. The number of hydrogen-bond acceptors (Lipinski definition) is 4. The number of halogens is 1. The number of methoxy groups -OCH3 is 1. The number of aryl methyl sites for hydroxylation is 1. The number of anilines is 2. The maximum atomic E-state index is 12.5. The number of rotatable bonds is 7. The van der Waals surface area contributed by atoms with Gasteiger partial charge in [-0.1, -0.05) is 12.1 Å². The molecule has 0 spiro atoms. The van der Waals surface area contributed by atoms with E-state index in [1.165, 1.54) is 0 Å². The number of amides is 1. The molecule has 0 aliphatic carbocycles. The summed E-state index contributed by atoms with van der Waals surface area (Å²) < 4.78 is 6.38.